The van der Waals surface area contributed by atoms with Crippen LogP contribution in [0, 0.1) is 28.4 Å². The first-order chi connectivity index (χ1) is 14.9. The molecule has 0 aliphatic heterocycles. The molecule has 0 spiro atoms. The number of nitro groups is 1. The summed E-state index contributed by atoms with van der Waals surface area (Å²) in [6, 6.07) is 21.6. The van der Waals surface area contributed by atoms with E-state index in [1.807, 2.05) is 55.5 Å². The number of nitro benzene ring substituents is 1. The van der Waals surface area contributed by atoms with E-state index in [1.165, 1.54) is 24.3 Å². The van der Waals surface area contributed by atoms with E-state index in [9.17, 15) is 14.9 Å². The van der Waals surface area contributed by atoms with Gasteiger partial charge in [0.15, 0.2) is 5.75 Å². The molecule has 154 valence electrons. The van der Waals surface area contributed by atoms with Crippen LogP contribution < -0.4 is 10.5 Å². The summed E-state index contributed by atoms with van der Waals surface area (Å²) in [6.07, 6.45) is 1.20. The zero-order chi connectivity index (χ0) is 22.4. The van der Waals surface area contributed by atoms with Gasteiger partial charge in [-0.2, -0.15) is 5.26 Å². The van der Waals surface area contributed by atoms with Crippen LogP contribution in [0.3, 0.4) is 0 Å². The monoisotopic (exact) mass is 413 g/mol. The lowest BCUT2D eigenvalue weighted by atomic mass is 9.97. The van der Waals surface area contributed by atoms with E-state index >= 15 is 0 Å². The first kappa shape index (κ1) is 21.3. The Morgan fingerprint density at radius 3 is 2.55 bits per heavy atom. The predicted octanol–water partition coefficient (Wildman–Crippen LogP) is 4.54. The molecule has 0 bridgehead atoms. The molecule has 0 radical (unpaired) electrons. The van der Waals surface area contributed by atoms with Crippen molar-refractivity contribution in [2.45, 2.75) is 13.5 Å². The fourth-order valence-electron chi connectivity index (χ4n) is 3.14. The van der Waals surface area contributed by atoms with Crippen molar-refractivity contribution in [2.75, 3.05) is 0 Å². The van der Waals surface area contributed by atoms with E-state index in [0.29, 0.717) is 5.56 Å². The number of nitrogens with zero attached hydrogens (tertiary/aromatic N) is 2. The van der Waals surface area contributed by atoms with E-state index in [-0.39, 0.29) is 23.6 Å². The molecule has 0 unspecified atom stereocenters. The smallest absolute Gasteiger partial charge is 0.311 e. The van der Waals surface area contributed by atoms with Crippen LogP contribution >= 0.6 is 0 Å². The molecular weight excluding hydrogens is 394 g/mol. The van der Waals surface area contributed by atoms with Gasteiger partial charge in [-0.05, 0) is 46.9 Å². The molecule has 7 heteroatoms. The molecule has 0 atom stereocenters. The van der Waals surface area contributed by atoms with Gasteiger partial charge < -0.3 is 10.5 Å². The molecule has 0 aliphatic rings. The summed E-state index contributed by atoms with van der Waals surface area (Å²) in [5.41, 5.74) is 8.92. The van der Waals surface area contributed by atoms with Crippen LogP contribution in [0.4, 0.5) is 5.69 Å². The summed E-state index contributed by atoms with van der Waals surface area (Å²) in [5.74, 6) is -0.816. The van der Waals surface area contributed by atoms with Crippen LogP contribution in [0.1, 0.15) is 16.7 Å². The maximum Gasteiger partial charge on any atom is 0.311 e. The van der Waals surface area contributed by atoms with Gasteiger partial charge in [-0.1, -0.05) is 54.6 Å². The van der Waals surface area contributed by atoms with Crippen molar-refractivity contribution in [3.63, 3.8) is 0 Å². The third-order valence-corrected chi connectivity index (χ3v) is 4.79. The van der Waals surface area contributed by atoms with Gasteiger partial charge in [0, 0.05) is 6.07 Å². The second-order valence-corrected chi connectivity index (χ2v) is 6.76. The van der Waals surface area contributed by atoms with Crippen LogP contribution in [0.15, 0.2) is 72.3 Å². The van der Waals surface area contributed by atoms with Gasteiger partial charge in [-0.15, -0.1) is 0 Å². The highest BCUT2D eigenvalue weighted by atomic mass is 16.6. The summed E-state index contributed by atoms with van der Waals surface area (Å²) in [7, 11) is 0. The van der Waals surface area contributed by atoms with Crippen LogP contribution in [-0.4, -0.2) is 10.8 Å². The molecular formula is C24H19N3O4. The van der Waals surface area contributed by atoms with Gasteiger partial charge in [-0.3, -0.25) is 14.9 Å². The average molecular weight is 413 g/mol. The number of primary amides is 1. The third kappa shape index (κ3) is 4.95. The Bertz CT molecular complexity index is 1210. The Hall–Kier alpha value is -4.44. The number of benzene rings is 3. The highest BCUT2D eigenvalue weighted by Gasteiger charge is 2.17. The number of carbonyl (C=O) groups is 1. The van der Waals surface area contributed by atoms with Gasteiger partial charge in [0.25, 0.3) is 5.91 Å². The summed E-state index contributed by atoms with van der Waals surface area (Å²) in [5, 5.41) is 20.5. The van der Waals surface area contributed by atoms with E-state index < -0.39 is 10.8 Å². The maximum absolute atomic E-state index is 11.5. The van der Waals surface area contributed by atoms with Crippen molar-refractivity contribution in [1.82, 2.24) is 0 Å². The quantitative estimate of drug-likeness (QED) is 0.264. The zero-order valence-electron chi connectivity index (χ0n) is 16.7. The number of amides is 1. The number of ether oxygens (including phenoxy) is 1. The number of hydrogen-bond donors (Lipinski definition) is 1. The number of nitrogens with two attached hydrogens (primary N) is 1. The topological polar surface area (TPSA) is 119 Å². The van der Waals surface area contributed by atoms with E-state index in [2.05, 4.69) is 0 Å². The molecule has 0 aromatic heterocycles. The molecule has 7 nitrogen and oxygen atoms in total. The Morgan fingerprint density at radius 2 is 1.90 bits per heavy atom. The Labute approximate surface area is 179 Å². The van der Waals surface area contributed by atoms with Crippen LogP contribution in [-0.2, 0) is 11.4 Å². The van der Waals surface area contributed by atoms with Crippen molar-refractivity contribution in [2.24, 2.45) is 5.73 Å². The summed E-state index contributed by atoms with van der Waals surface area (Å²) in [6.45, 7) is 2.13. The lowest BCUT2D eigenvalue weighted by molar-refractivity contribution is -0.386. The lowest BCUT2D eigenvalue weighted by Crippen LogP contribution is -2.12. The Balaban J connectivity index is 1.88. The molecule has 31 heavy (non-hydrogen) atoms. The zero-order valence-corrected chi connectivity index (χ0v) is 16.7. The standard InChI is InChI=1S/C24H19N3O4/c1-16-19(8-5-9-21(16)18-6-3-2-4-7-18)15-31-23-11-10-17(13-22(23)27(29)30)12-20(14-25)24(26)28/h2-13H,15H2,1H3,(H2,26,28). The van der Waals surface area contributed by atoms with Gasteiger partial charge in [0.2, 0.25) is 0 Å². The van der Waals surface area contributed by atoms with Crippen molar-refractivity contribution < 1.29 is 14.5 Å². The first-order valence-corrected chi connectivity index (χ1v) is 9.37. The van der Waals surface area contributed by atoms with Gasteiger partial charge >= 0.3 is 5.69 Å². The van der Waals surface area contributed by atoms with Crippen LogP contribution in [0.5, 0.6) is 5.75 Å². The Morgan fingerprint density at radius 1 is 1.16 bits per heavy atom. The van der Waals surface area contributed by atoms with Crippen molar-refractivity contribution in [3.05, 3.63) is 99.1 Å². The molecule has 3 aromatic rings. The van der Waals surface area contributed by atoms with E-state index in [4.69, 9.17) is 15.7 Å². The number of hydrogen-bond acceptors (Lipinski definition) is 5. The normalized spacial score (nSPS) is 10.9. The summed E-state index contributed by atoms with van der Waals surface area (Å²) >= 11 is 0. The molecule has 3 rings (SSSR count). The third-order valence-electron chi connectivity index (χ3n) is 4.79. The fraction of sp³-hybridized carbons (Fsp3) is 0.0833. The molecule has 3 aromatic carbocycles. The predicted molar refractivity (Wildman–Crippen MR) is 117 cm³/mol. The first-order valence-electron chi connectivity index (χ1n) is 9.37. The lowest BCUT2D eigenvalue weighted by Gasteiger charge is -2.13. The van der Waals surface area contributed by atoms with Crippen LogP contribution in [0.25, 0.3) is 17.2 Å². The van der Waals surface area contributed by atoms with Gasteiger partial charge in [-0.25, -0.2) is 0 Å². The second-order valence-electron chi connectivity index (χ2n) is 6.76. The average Bonchev–Trinajstić information content (AvgIpc) is 2.77. The van der Waals surface area contributed by atoms with E-state index in [1.54, 1.807) is 6.07 Å². The molecule has 0 saturated carbocycles. The maximum atomic E-state index is 11.5. The van der Waals surface area contributed by atoms with Gasteiger partial charge in [0.1, 0.15) is 18.2 Å². The minimum absolute atomic E-state index is 0.0873. The SMILES string of the molecule is Cc1c(COc2ccc(C=C(C#N)C(N)=O)cc2[N+](=O)[O-])cccc1-c1ccccc1. The molecule has 2 N–H and O–H groups in total. The number of carbonyl (C=O) groups excluding carboxylic acids is 1. The van der Waals surface area contributed by atoms with Crippen molar-refractivity contribution >= 4 is 17.7 Å². The summed E-state index contributed by atoms with van der Waals surface area (Å²) < 4.78 is 5.77. The largest absolute Gasteiger partial charge is 0.482 e. The molecule has 0 aliphatic carbocycles. The molecule has 0 fully saturated rings. The highest BCUT2D eigenvalue weighted by molar-refractivity contribution is 6.00. The summed E-state index contributed by atoms with van der Waals surface area (Å²) in [4.78, 5) is 22.2. The number of nitriles is 1. The second kappa shape index (κ2) is 9.37. The minimum Gasteiger partial charge on any atom is -0.482 e. The highest BCUT2D eigenvalue weighted by Crippen LogP contribution is 2.31. The fourth-order valence-corrected chi connectivity index (χ4v) is 3.14. The van der Waals surface area contributed by atoms with Crippen molar-refractivity contribution in [3.8, 4) is 22.9 Å². The van der Waals surface area contributed by atoms with Crippen LogP contribution in [0.2, 0.25) is 0 Å². The molecule has 0 heterocycles. The van der Waals surface area contributed by atoms with E-state index in [0.717, 1.165) is 22.3 Å². The molecule has 1 amide bonds. The number of rotatable bonds is 7. The molecule has 0 saturated heterocycles. The van der Waals surface area contributed by atoms with Gasteiger partial charge in [0.05, 0.1) is 4.92 Å². The minimum atomic E-state index is -0.903. The Kier molecular flexibility index (Phi) is 6.43. The van der Waals surface area contributed by atoms with Crippen molar-refractivity contribution in [1.29, 1.82) is 5.26 Å².